The highest BCUT2D eigenvalue weighted by molar-refractivity contribution is 9.10. The van der Waals surface area contributed by atoms with Crippen LogP contribution in [0.4, 0.5) is 19.8 Å². The number of aromatic nitrogens is 1. The van der Waals surface area contributed by atoms with Gasteiger partial charge in [-0.15, -0.1) is 0 Å². The number of ether oxygens (including phenoxy) is 3. The summed E-state index contributed by atoms with van der Waals surface area (Å²) in [5.74, 6) is -0.870. The quantitative estimate of drug-likeness (QED) is 0.340. The summed E-state index contributed by atoms with van der Waals surface area (Å²) < 4.78 is 31.3. The van der Waals surface area contributed by atoms with E-state index in [1.54, 1.807) is 48.5 Å². The van der Waals surface area contributed by atoms with E-state index in [-0.39, 0.29) is 27.2 Å². The number of hydrogen-bond donors (Lipinski definition) is 0. The molecule has 0 aliphatic carbocycles. The fourth-order valence-corrected chi connectivity index (χ4v) is 3.68. The first-order valence-electron chi connectivity index (χ1n) is 10.2. The minimum absolute atomic E-state index is 0.00464. The monoisotopic (exact) mass is 578 g/mol. The maximum Gasteiger partial charge on any atom is 0.425 e. The number of amides is 2. The third-order valence-electron chi connectivity index (χ3n) is 3.95. The third kappa shape index (κ3) is 7.45. The average molecular weight is 580 g/mol. The van der Waals surface area contributed by atoms with Crippen molar-refractivity contribution < 1.29 is 28.2 Å². The van der Waals surface area contributed by atoms with Crippen LogP contribution in [0.2, 0.25) is 10.0 Å². The van der Waals surface area contributed by atoms with E-state index in [1.807, 2.05) is 0 Å². The Balaban J connectivity index is 2.58. The molecule has 186 valence electrons. The Bertz CT molecular complexity index is 1060. The molecule has 2 rings (SSSR count). The summed E-state index contributed by atoms with van der Waals surface area (Å²) in [7, 11) is 0. The Morgan fingerprint density at radius 1 is 1.06 bits per heavy atom. The van der Waals surface area contributed by atoms with Crippen LogP contribution < -0.4 is 9.64 Å². The summed E-state index contributed by atoms with van der Waals surface area (Å²) in [4.78, 5) is 30.9. The predicted molar refractivity (Wildman–Crippen MR) is 132 cm³/mol. The minimum Gasteiger partial charge on any atom is -0.482 e. The highest BCUT2D eigenvalue weighted by Crippen LogP contribution is 2.38. The normalized spacial score (nSPS) is 12.7. The molecule has 0 radical (unpaired) electrons. The van der Waals surface area contributed by atoms with Crippen molar-refractivity contribution in [3.05, 3.63) is 50.3 Å². The fourth-order valence-electron chi connectivity index (χ4n) is 2.70. The lowest BCUT2D eigenvalue weighted by molar-refractivity contribution is 0.0426. The van der Waals surface area contributed by atoms with Gasteiger partial charge in [-0.05, 0) is 82.6 Å². The molecule has 11 heteroatoms. The van der Waals surface area contributed by atoms with E-state index in [2.05, 4.69) is 20.9 Å². The minimum atomic E-state index is -1.02. The Morgan fingerprint density at radius 3 is 2.09 bits per heavy atom. The van der Waals surface area contributed by atoms with Gasteiger partial charge in [-0.3, -0.25) is 0 Å². The van der Waals surface area contributed by atoms with E-state index >= 15 is 0 Å². The number of carbonyl (C=O) groups is 2. The molecular formula is C23H26BrCl2FN2O5. The number of rotatable bonds is 4. The lowest BCUT2D eigenvalue weighted by Gasteiger charge is -2.29. The number of carbonyl (C=O) groups excluding carboxylic acids is 2. The van der Waals surface area contributed by atoms with Crippen molar-refractivity contribution in [2.24, 2.45) is 0 Å². The predicted octanol–water partition coefficient (Wildman–Crippen LogP) is 8.11. The summed E-state index contributed by atoms with van der Waals surface area (Å²) in [6.07, 6.45) is -1.55. The van der Waals surface area contributed by atoms with Gasteiger partial charge in [0.1, 0.15) is 23.1 Å². The molecule has 1 heterocycles. The molecule has 0 aliphatic rings. The van der Waals surface area contributed by atoms with Crippen molar-refractivity contribution in [2.75, 3.05) is 4.90 Å². The molecule has 34 heavy (non-hydrogen) atoms. The van der Waals surface area contributed by atoms with Gasteiger partial charge in [0.2, 0.25) is 0 Å². The molecule has 0 fully saturated rings. The Labute approximate surface area is 216 Å². The van der Waals surface area contributed by atoms with Gasteiger partial charge in [0, 0.05) is 21.3 Å². The standard InChI is InChI=1S/C23H26BrCl2FN2O5/c1-12(17-14(25)8-9-15(27)18(17)26)32-16-10-13(24)11-28-19(16)29(20(30)33-22(2,3)4)21(31)34-23(5,6)7/h8-12H,1-7H3. The number of hydrogen-bond acceptors (Lipinski definition) is 6. The highest BCUT2D eigenvalue weighted by Gasteiger charge is 2.36. The molecule has 0 aliphatic heterocycles. The van der Waals surface area contributed by atoms with Crippen molar-refractivity contribution in [3.8, 4) is 5.75 Å². The molecule has 1 aromatic carbocycles. The molecule has 2 amide bonds. The van der Waals surface area contributed by atoms with Crippen molar-refractivity contribution in [1.29, 1.82) is 0 Å². The number of anilines is 1. The summed E-state index contributed by atoms with van der Waals surface area (Å²) in [5.41, 5.74) is -1.64. The molecule has 0 saturated carbocycles. The maximum atomic E-state index is 14.1. The molecule has 0 spiro atoms. The molecule has 2 aromatic rings. The van der Waals surface area contributed by atoms with E-state index in [9.17, 15) is 14.0 Å². The third-order valence-corrected chi connectivity index (χ3v) is 5.10. The summed E-state index contributed by atoms with van der Waals surface area (Å²) in [5, 5.41) is -0.0276. The first-order chi connectivity index (χ1) is 15.5. The van der Waals surface area contributed by atoms with Crippen molar-refractivity contribution in [1.82, 2.24) is 4.98 Å². The van der Waals surface area contributed by atoms with Crippen LogP contribution in [0, 0.1) is 5.82 Å². The van der Waals surface area contributed by atoms with Gasteiger partial charge in [0.15, 0.2) is 11.6 Å². The van der Waals surface area contributed by atoms with Crippen molar-refractivity contribution >= 4 is 57.1 Å². The average Bonchev–Trinajstić information content (AvgIpc) is 2.64. The van der Waals surface area contributed by atoms with E-state index < -0.39 is 35.3 Å². The topological polar surface area (TPSA) is 78.0 Å². The van der Waals surface area contributed by atoms with E-state index in [0.29, 0.717) is 9.37 Å². The van der Waals surface area contributed by atoms with Crippen LogP contribution in [-0.4, -0.2) is 28.4 Å². The second-order valence-corrected chi connectivity index (χ2v) is 11.0. The first-order valence-corrected chi connectivity index (χ1v) is 11.8. The summed E-state index contributed by atoms with van der Waals surface area (Å²) in [6.45, 7) is 11.5. The Morgan fingerprint density at radius 2 is 1.59 bits per heavy atom. The first kappa shape index (κ1) is 28.1. The van der Waals surface area contributed by atoms with Crippen LogP contribution in [0.15, 0.2) is 28.9 Å². The Kier molecular flexibility index (Phi) is 8.82. The van der Waals surface area contributed by atoms with Crippen LogP contribution in [-0.2, 0) is 9.47 Å². The molecular weight excluding hydrogens is 554 g/mol. The zero-order chi connectivity index (χ0) is 26.0. The number of nitrogens with zero attached hydrogens (tertiary/aromatic N) is 2. The van der Waals surface area contributed by atoms with E-state index in [4.69, 9.17) is 37.4 Å². The molecule has 1 unspecified atom stereocenters. The van der Waals surface area contributed by atoms with E-state index in [0.717, 1.165) is 6.07 Å². The van der Waals surface area contributed by atoms with Gasteiger partial charge in [0.25, 0.3) is 0 Å². The number of halogens is 4. The molecule has 0 bridgehead atoms. The highest BCUT2D eigenvalue weighted by atomic mass is 79.9. The van der Waals surface area contributed by atoms with Gasteiger partial charge in [-0.1, -0.05) is 23.2 Å². The zero-order valence-electron chi connectivity index (χ0n) is 19.8. The lowest BCUT2D eigenvalue weighted by atomic mass is 10.1. The largest absolute Gasteiger partial charge is 0.482 e. The molecule has 1 aromatic heterocycles. The number of pyridine rings is 1. The van der Waals surface area contributed by atoms with Crippen molar-refractivity contribution in [3.63, 3.8) is 0 Å². The zero-order valence-corrected chi connectivity index (χ0v) is 22.9. The summed E-state index contributed by atoms with van der Waals surface area (Å²) >= 11 is 15.6. The van der Waals surface area contributed by atoms with Gasteiger partial charge in [0.05, 0.1) is 5.02 Å². The second kappa shape index (κ2) is 10.7. The SMILES string of the molecule is CC(Oc1cc(Br)cnc1N(C(=O)OC(C)(C)C)C(=O)OC(C)(C)C)c1c(Cl)ccc(F)c1Cl. The van der Waals surface area contributed by atoms with Crippen LogP contribution in [0.25, 0.3) is 0 Å². The smallest absolute Gasteiger partial charge is 0.425 e. The van der Waals surface area contributed by atoms with Crippen LogP contribution in [0.3, 0.4) is 0 Å². The number of imide groups is 1. The van der Waals surface area contributed by atoms with Gasteiger partial charge >= 0.3 is 12.2 Å². The summed E-state index contributed by atoms with van der Waals surface area (Å²) in [6, 6.07) is 3.98. The van der Waals surface area contributed by atoms with E-state index in [1.165, 1.54) is 18.3 Å². The molecule has 7 nitrogen and oxygen atoms in total. The maximum absolute atomic E-state index is 14.1. The van der Waals surface area contributed by atoms with Gasteiger partial charge in [-0.25, -0.2) is 19.0 Å². The van der Waals surface area contributed by atoms with Gasteiger partial charge < -0.3 is 14.2 Å². The molecule has 0 N–H and O–H groups in total. The van der Waals surface area contributed by atoms with Crippen LogP contribution >= 0.6 is 39.1 Å². The number of benzene rings is 1. The molecule has 0 saturated heterocycles. The van der Waals surface area contributed by atoms with Crippen LogP contribution in [0.1, 0.15) is 60.1 Å². The lowest BCUT2D eigenvalue weighted by Crippen LogP contribution is -2.44. The van der Waals surface area contributed by atoms with Crippen molar-refractivity contribution in [2.45, 2.75) is 65.8 Å². The van der Waals surface area contributed by atoms with Gasteiger partial charge in [-0.2, -0.15) is 4.90 Å². The fraction of sp³-hybridized carbons (Fsp3) is 0.435. The van der Waals surface area contributed by atoms with Crippen LogP contribution in [0.5, 0.6) is 5.75 Å². The second-order valence-electron chi connectivity index (χ2n) is 9.29. The molecule has 1 atom stereocenters. The Hall–Kier alpha value is -2.10.